The number of aromatic nitrogens is 2. The lowest BCUT2D eigenvalue weighted by Gasteiger charge is -2.03. The Kier molecular flexibility index (Phi) is 3.33. The Balaban J connectivity index is 2.59. The van der Waals surface area contributed by atoms with E-state index in [0.29, 0.717) is 25.8 Å². The SMILES string of the molecule is O=c1[nH]nc(-c2ccc(Cl)cc2Cl)cc1Br. The highest BCUT2D eigenvalue weighted by molar-refractivity contribution is 9.10. The van der Waals surface area contributed by atoms with Crippen molar-refractivity contribution in [2.45, 2.75) is 0 Å². The lowest BCUT2D eigenvalue weighted by molar-refractivity contribution is 0.985. The van der Waals surface area contributed by atoms with Gasteiger partial charge in [0.15, 0.2) is 0 Å². The van der Waals surface area contributed by atoms with Gasteiger partial charge in [-0.2, -0.15) is 5.10 Å². The molecule has 0 saturated heterocycles. The summed E-state index contributed by atoms with van der Waals surface area (Å²) >= 11 is 14.9. The number of benzene rings is 1. The van der Waals surface area contributed by atoms with Crippen molar-refractivity contribution in [2.75, 3.05) is 0 Å². The number of rotatable bonds is 1. The average molecular weight is 320 g/mol. The summed E-state index contributed by atoms with van der Waals surface area (Å²) in [5.41, 5.74) is 1.00. The minimum absolute atomic E-state index is 0.283. The summed E-state index contributed by atoms with van der Waals surface area (Å²) in [5, 5.41) is 7.31. The third kappa shape index (κ3) is 2.29. The predicted octanol–water partition coefficient (Wildman–Crippen LogP) is 3.51. The minimum atomic E-state index is -0.283. The molecule has 6 heteroatoms. The van der Waals surface area contributed by atoms with Crippen molar-refractivity contribution in [3.63, 3.8) is 0 Å². The summed E-state index contributed by atoms with van der Waals surface area (Å²) in [7, 11) is 0. The first kappa shape index (κ1) is 11.6. The van der Waals surface area contributed by atoms with Crippen LogP contribution < -0.4 is 5.56 Å². The van der Waals surface area contributed by atoms with Gasteiger partial charge in [0.25, 0.3) is 5.56 Å². The number of nitrogens with zero attached hydrogens (tertiary/aromatic N) is 1. The van der Waals surface area contributed by atoms with E-state index in [1.807, 2.05) is 0 Å². The maximum absolute atomic E-state index is 11.1. The van der Waals surface area contributed by atoms with Gasteiger partial charge in [-0.05, 0) is 40.2 Å². The van der Waals surface area contributed by atoms with Crippen molar-refractivity contribution in [2.24, 2.45) is 0 Å². The van der Waals surface area contributed by atoms with Crippen LogP contribution in [0.4, 0.5) is 0 Å². The number of hydrogen-bond donors (Lipinski definition) is 1. The molecule has 1 N–H and O–H groups in total. The van der Waals surface area contributed by atoms with Gasteiger partial charge in [-0.25, -0.2) is 5.10 Å². The quantitative estimate of drug-likeness (QED) is 0.874. The van der Waals surface area contributed by atoms with E-state index in [2.05, 4.69) is 26.1 Å². The molecule has 16 heavy (non-hydrogen) atoms. The van der Waals surface area contributed by atoms with E-state index in [-0.39, 0.29) is 5.56 Å². The van der Waals surface area contributed by atoms with Crippen LogP contribution in [-0.4, -0.2) is 10.2 Å². The lowest BCUT2D eigenvalue weighted by atomic mass is 10.1. The Bertz CT molecular complexity index is 598. The molecule has 0 bridgehead atoms. The van der Waals surface area contributed by atoms with E-state index < -0.39 is 0 Å². The van der Waals surface area contributed by atoms with Crippen molar-refractivity contribution in [1.82, 2.24) is 10.2 Å². The summed E-state index contributed by atoms with van der Waals surface area (Å²) in [4.78, 5) is 11.1. The van der Waals surface area contributed by atoms with Gasteiger partial charge < -0.3 is 0 Å². The molecule has 0 aliphatic carbocycles. The molecule has 1 aromatic heterocycles. The summed E-state index contributed by atoms with van der Waals surface area (Å²) < 4.78 is 0.406. The molecule has 0 fully saturated rings. The molecule has 1 aromatic carbocycles. The first-order valence-electron chi connectivity index (χ1n) is 4.28. The fourth-order valence-corrected chi connectivity index (χ4v) is 2.03. The fourth-order valence-electron chi connectivity index (χ4n) is 1.22. The standard InChI is InChI=1S/C10H5BrCl2N2O/c11-7-4-9(14-15-10(7)16)6-2-1-5(12)3-8(6)13/h1-4H,(H,15,16). The van der Waals surface area contributed by atoms with Crippen LogP contribution in [0.1, 0.15) is 0 Å². The molecule has 0 spiro atoms. The van der Waals surface area contributed by atoms with Crippen molar-refractivity contribution in [3.05, 3.63) is 49.1 Å². The van der Waals surface area contributed by atoms with Gasteiger partial charge in [0.2, 0.25) is 0 Å². The normalized spacial score (nSPS) is 10.4. The zero-order chi connectivity index (χ0) is 11.7. The topological polar surface area (TPSA) is 45.8 Å². The third-order valence-corrected chi connectivity index (χ3v) is 3.10. The van der Waals surface area contributed by atoms with Crippen LogP contribution in [0, 0.1) is 0 Å². The van der Waals surface area contributed by atoms with Gasteiger partial charge in [-0.3, -0.25) is 4.79 Å². The van der Waals surface area contributed by atoms with Crippen molar-refractivity contribution < 1.29 is 0 Å². The van der Waals surface area contributed by atoms with E-state index >= 15 is 0 Å². The maximum Gasteiger partial charge on any atom is 0.278 e. The maximum atomic E-state index is 11.1. The Morgan fingerprint density at radius 3 is 2.62 bits per heavy atom. The van der Waals surface area contributed by atoms with Gasteiger partial charge in [0.05, 0.1) is 15.2 Å². The molecule has 0 aliphatic heterocycles. The van der Waals surface area contributed by atoms with Gasteiger partial charge in [0, 0.05) is 10.6 Å². The molecule has 0 radical (unpaired) electrons. The molecule has 2 rings (SSSR count). The van der Waals surface area contributed by atoms with E-state index in [0.717, 1.165) is 0 Å². The van der Waals surface area contributed by atoms with Crippen LogP contribution in [-0.2, 0) is 0 Å². The monoisotopic (exact) mass is 318 g/mol. The minimum Gasteiger partial charge on any atom is -0.267 e. The summed E-state index contributed by atoms with van der Waals surface area (Å²) in [6.07, 6.45) is 0. The molecular formula is C10H5BrCl2N2O. The van der Waals surface area contributed by atoms with Gasteiger partial charge in [0.1, 0.15) is 0 Å². The molecule has 3 nitrogen and oxygen atoms in total. The van der Waals surface area contributed by atoms with E-state index in [1.54, 1.807) is 24.3 Å². The number of halogens is 3. The highest BCUT2D eigenvalue weighted by atomic mass is 79.9. The van der Waals surface area contributed by atoms with Crippen LogP contribution in [0.5, 0.6) is 0 Å². The summed E-state index contributed by atoms with van der Waals surface area (Å²) in [6.45, 7) is 0. The van der Waals surface area contributed by atoms with Crippen LogP contribution in [0.15, 0.2) is 33.5 Å². The number of hydrogen-bond acceptors (Lipinski definition) is 2. The third-order valence-electron chi connectivity index (χ3n) is 1.97. The van der Waals surface area contributed by atoms with Gasteiger partial charge in [-0.1, -0.05) is 23.2 Å². The van der Waals surface area contributed by atoms with E-state index in [1.165, 1.54) is 0 Å². The molecule has 82 valence electrons. The van der Waals surface area contributed by atoms with Crippen LogP contribution in [0.3, 0.4) is 0 Å². The zero-order valence-corrected chi connectivity index (χ0v) is 10.9. The Hall–Kier alpha value is -0.840. The molecule has 0 atom stereocenters. The van der Waals surface area contributed by atoms with Crippen LogP contribution >= 0.6 is 39.1 Å². The Morgan fingerprint density at radius 2 is 2.00 bits per heavy atom. The highest BCUT2D eigenvalue weighted by Crippen LogP contribution is 2.29. The molecule has 0 unspecified atom stereocenters. The van der Waals surface area contributed by atoms with Crippen LogP contribution in [0.25, 0.3) is 11.3 Å². The zero-order valence-electron chi connectivity index (χ0n) is 7.80. The second kappa shape index (κ2) is 4.57. The second-order valence-corrected chi connectivity index (χ2v) is 4.75. The van der Waals surface area contributed by atoms with E-state index in [4.69, 9.17) is 23.2 Å². The lowest BCUT2D eigenvalue weighted by Crippen LogP contribution is -2.08. The molecule has 1 heterocycles. The Labute approximate surface area is 110 Å². The number of aromatic amines is 1. The van der Waals surface area contributed by atoms with E-state index in [9.17, 15) is 4.79 Å². The summed E-state index contributed by atoms with van der Waals surface area (Å²) in [6, 6.07) is 6.69. The largest absolute Gasteiger partial charge is 0.278 e. The summed E-state index contributed by atoms with van der Waals surface area (Å²) in [5.74, 6) is 0. The Morgan fingerprint density at radius 1 is 1.25 bits per heavy atom. The first-order chi connectivity index (χ1) is 7.58. The molecule has 2 aromatic rings. The van der Waals surface area contributed by atoms with Crippen LogP contribution in [0.2, 0.25) is 10.0 Å². The highest BCUT2D eigenvalue weighted by Gasteiger charge is 2.07. The van der Waals surface area contributed by atoms with Crippen molar-refractivity contribution in [3.8, 4) is 11.3 Å². The molecule has 0 amide bonds. The predicted molar refractivity (Wildman–Crippen MR) is 68.0 cm³/mol. The number of nitrogens with one attached hydrogen (secondary N) is 1. The molecule has 0 aliphatic rings. The van der Waals surface area contributed by atoms with Crippen molar-refractivity contribution in [1.29, 1.82) is 0 Å². The molecular weight excluding hydrogens is 315 g/mol. The number of H-pyrrole nitrogens is 1. The smallest absolute Gasteiger partial charge is 0.267 e. The average Bonchev–Trinajstić information content (AvgIpc) is 2.22. The first-order valence-corrected chi connectivity index (χ1v) is 5.83. The fraction of sp³-hybridized carbons (Fsp3) is 0. The van der Waals surface area contributed by atoms with Gasteiger partial charge in [-0.15, -0.1) is 0 Å². The van der Waals surface area contributed by atoms with Crippen molar-refractivity contribution >= 4 is 39.1 Å². The second-order valence-electron chi connectivity index (χ2n) is 3.05. The molecule has 0 saturated carbocycles. The van der Waals surface area contributed by atoms with Gasteiger partial charge >= 0.3 is 0 Å².